The van der Waals surface area contributed by atoms with Crippen LogP contribution in [0.2, 0.25) is 0 Å². The number of hydrogen-bond donors (Lipinski definition) is 0. The van der Waals surface area contributed by atoms with Crippen molar-refractivity contribution >= 4 is 45.3 Å². The maximum Gasteiger partial charge on any atom is 0.343 e. The van der Waals surface area contributed by atoms with E-state index in [0.29, 0.717) is 28.3 Å². The Hall–Kier alpha value is -2.93. The van der Waals surface area contributed by atoms with E-state index in [1.54, 1.807) is 25.1 Å². The monoisotopic (exact) mass is 428 g/mol. The second-order valence-corrected chi connectivity index (χ2v) is 6.66. The zero-order chi connectivity index (χ0) is 19.4. The van der Waals surface area contributed by atoms with E-state index in [4.69, 9.17) is 4.74 Å². The predicted molar refractivity (Wildman–Crippen MR) is 107 cm³/mol. The summed E-state index contributed by atoms with van der Waals surface area (Å²) in [7, 11) is 1.30. The molecule has 1 amide bonds. The summed E-state index contributed by atoms with van der Waals surface area (Å²) in [6, 6.07) is 14.5. The minimum atomic E-state index is -0.485. The summed E-state index contributed by atoms with van der Waals surface area (Å²) < 4.78 is 10.9. The average molecular weight is 429 g/mol. The maximum absolute atomic E-state index is 12.8. The smallest absolute Gasteiger partial charge is 0.343 e. The van der Waals surface area contributed by atoms with E-state index < -0.39 is 5.97 Å². The van der Waals surface area contributed by atoms with Crippen LogP contribution in [-0.2, 0) is 14.3 Å². The fourth-order valence-corrected chi connectivity index (χ4v) is 2.92. The van der Waals surface area contributed by atoms with Crippen molar-refractivity contribution in [2.24, 2.45) is 5.10 Å². The van der Waals surface area contributed by atoms with E-state index in [0.717, 1.165) is 4.47 Å². The molecule has 2 aromatic carbocycles. The van der Waals surface area contributed by atoms with Crippen molar-refractivity contribution in [1.29, 1.82) is 0 Å². The Morgan fingerprint density at radius 1 is 1.22 bits per heavy atom. The Morgan fingerprint density at radius 2 is 1.96 bits per heavy atom. The van der Waals surface area contributed by atoms with Gasteiger partial charge >= 0.3 is 5.97 Å². The third-order valence-electron chi connectivity index (χ3n) is 3.91. The van der Waals surface area contributed by atoms with E-state index in [9.17, 15) is 9.59 Å². The molecule has 0 saturated heterocycles. The quantitative estimate of drug-likeness (QED) is 0.536. The first-order valence-corrected chi connectivity index (χ1v) is 8.95. The highest BCUT2D eigenvalue weighted by atomic mass is 79.9. The van der Waals surface area contributed by atoms with E-state index in [-0.39, 0.29) is 12.5 Å². The molecule has 2 aromatic rings. The molecule has 3 rings (SSSR count). The number of ether oxygens (including phenoxy) is 2. The molecule has 1 aliphatic rings. The number of amides is 1. The summed E-state index contributed by atoms with van der Waals surface area (Å²) in [5.41, 5.74) is 2.41. The van der Waals surface area contributed by atoms with Gasteiger partial charge in [-0.3, -0.25) is 4.79 Å². The van der Waals surface area contributed by atoms with Crippen LogP contribution in [0.5, 0.6) is 5.75 Å². The molecule has 0 aromatic heterocycles. The Bertz CT molecular complexity index is 938. The number of esters is 1. The highest BCUT2D eigenvalue weighted by molar-refractivity contribution is 9.10. The van der Waals surface area contributed by atoms with Crippen molar-refractivity contribution in [3.05, 3.63) is 64.1 Å². The zero-order valence-electron chi connectivity index (χ0n) is 14.8. The molecular formula is C20H17BrN2O4. The van der Waals surface area contributed by atoms with Gasteiger partial charge in [-0.15, -0.1) is 0 Å². The number of nitrogens with zero attached hydrogens (tertiary/aromatic N) is 2. The SMILES string of the molecule is COC(=O)COc1ccc(Br)cc1/C=C1/C(=O)N(c2ccccc2)N=C1C. The Morgan fingerprint density at radius 3 is 2.67 bits per heavy atom. The van der Waals surface area contributed by atoms with Gasteiger partial charge < -0.3 is 9.47 Å². The number of hydrogen-bond acceptors (Lipinski definition) is 5. The molecule has 0 atom stereocenters. The maximum atomic E-state index is 12.8. The standard InChI is InChI=1S/C20H17BrN2O4/c1-13-17(20(25)23(22-13)16-6-4-3-5-7-16)11-14-10-15(21)8-9-18(14)27-12-19(24)26-2/h3-11H,12H2,1-2H3/b17-11+. The molecule has 27 heavy (non-hydrogen) atoms. The molecule has 1 aliphatic heterocycles. The minimum absolute atomic E-state index is 0.217. The molecule has 0 N–H and O–H groups in total. The lowest BCUT2D eigenvalue weighted by atomic mass is 10.1. The van der Waals surface area contributed by atoms with E-state index in [1.807, 2.05) is 36.4 Å². The van der Waals surface area contributed by atoms with Crippen LogP contribution in [0.1, 0.15) is 12.5 Å². The van der Waals surface area contributed by atoms with E-state index in [1.165, 1.54) is 12.1 Å². The molecule has 0 spiro atoms. The summed E-state index contributed by atoms with van der Waals surface area (Å²) in [6.45, 7) is 1.56. The van der Waals surface area contributed by atoms with Crippen LogP contribution in [-0.4, -0.2) is 31.3 Å². The number of benzene rings is 2. The first-order chi connectivity index (χ1) is 13.0. The minimum Gasteiger partial charge on any atom is -0.481 e. The number of carbonyl (C=O) groups is 2. The van der Waals surface area contributed by atoms with Crippen LogP contribution < -0.4 is 9.75 Å². The van der Waals surface area contributed by atoms with Gasteiger partial charge in [0, 0.05) is 10.0 Å². The Labute approximate surface area is 165 Å². The van der Waals surface area contributed by atoms with E-state index in [2.05, 4.69) is 25.8 Å². The normalized spacial score (nSPS) is 15.1. The van der Waals surface area contributed by atoms with Crippen LogP contribution in [0.25, 0.3) is 6.08 Å². The predicted octanol–water partition coefficient (Wildman–Crippen LogP) is 3.81. The second kappa shape index (κ2) is 8.18. The van der Waals surface area contributed by atoms with Crippen LogP contribution in [0.3, 0.4) is 0 Å². The summed E-state index contributed by atoms with van der Waals surface area (Å²) in [5.74, 6) is -0.242. The highest BCUT2D eigenvalue weighted by Gasteiger charge is 2.28. The number of rotatable bonds is 5. The summed E-state index contributed by atoms with van der Waals surface area (Å²) >= 11 is 3.42. The highest BCUT2D eigenvalue weighted by Crippen LogP contribution is 2.29. The third-order valence-corrected chi connectivity index (χ3v) is 4.40. The third kappa shape index (κ3) is 4.25. The van der Waals surface area contributed by atoms with Crippen molar-refractivity contribution < 1.29 is 19.1 Å². The number of para-hydroxylation sites is 1. The Balaban J connectivity index is 1.92. The fourth-order valence-electron chi connectivity index (χ4n) is 2.54. The number of halogens is 1. The molecular weight excluding hydrogens is 412 g/mol. The van der Waals surface area contributed by atoms with Crippen molar-refractivity contribution in [1.82, 2.24) is 0 Å². The van der Waals surface area contributed by atoms with Crippen molar-refractivity contribution in [3.8, 4) is 5.75 Å². The second-order valence-electron chi connectivity index (χ2n) is 5.74. The summed E-state index contributed by atoms with van der Waals surface area (Å²) in [5, 5.41) is 5.73. The van der Waals surface area contributed by atoms with Crippen molar-refractivity contribution in [3.63, 3.8) is 0 Å². The van der Waals surface area contributed by atoms with Crippen molar-refractivity contribution in [2.75, 3.05) is 18.7 Å². The average Bonchev–Trinajstić information content (AvgIpc) is 2.96. The number of hydrazone groups is 1. The fraction of sp³-hybridized carbons (Fsp3) is 0.150. The first kappa shape index (κ1) is 18.8. The Kier molecular flexibility index (Phi) is 5.71. The van der Waals surface area contributed by atoms with Crippen LogP contribution in [0, 0.1) is 0 Å². The lowest BCUT2D eigenvalue weighted by Crippen LogP contribution is -2.21. The molecule has 0 bridgehead atoms. The summed E-state index contributed by atoms with van der Waals surface area (Å²) in [4.78, 5) is 24.2. The molecule has 6 nitrogen and oxygen atoms in total. The molecule has 0 radical (unpaired) electrons. The largest absolute Gasteiger partial charge is 0.481 e. The van der Waals surface area contributed by atoms with Gasteiger partial charge in [0.25, 0.3) is 5.91 Å². The number of anilines is 1. The lowest BCUT2D eigenvalue weighted by Gasteiger charge is -2.12. The van der Waals surface area contributed by atoms with Gasteiger partial charge in [-0.1, -0.05) is 34.1 Å². The van der Waals surface area contributed by atoms with Gasteiger partial charge in [0.15, 0.2) is 6.61 Å². The molecule has 0 aliphatic carbocycles. The molecule has 0 unspecified atom stereocenters. The van der Waals surface area contributed by atoms with Crippen LogP contribution in [0.15, 0.2) is 63.7 Å². The van der Waals surface area contributed by atoms with Gasteiger partial charge in [-0.25, -0.2) is 4.79 Å². The van der Waals surface area contributed by atoms with Gasteiger partial charge in [0.2, 0.25) is 0 Å². The molecule has 138 valence electrons. The number of methoxy groups -OCH3 is 1. The lowest BCUT2D eigenvalue weighted by molar-refractivity contribution is -0.142. The van der Waals surface area contributed by atoms with Gasteiger partial charge in [0.1, 0.15) is 5.75 Å². The number of carbonyl (C=O) groups excluding carboxylic acids is 2. The van der Waals surface area contributed by atoms with Gasteiger partial charge in [0.05, 0.1) is 24.1 Å². The zero-order valence-corrected chi connectivity index (χ0v) is 16.4. The van der Waals surface area contributed by atoms with Gasteiger partial charge in [-0.2, -0.15) is 10.1 Å². The molecule has 0 fully saturated rings. The van der Waals surface area contributed by atoms with Crippen LogP contribution in [0.4, 0.5) is 5.69 Å². The molecule has 0 saturated carbocycles. The van der Waals surface area contributed by atoms with Gasteiger partial charge in [-0.05, 0) is 43.3 Å². The van der Waals surface area contributed by atoms with Crippen LogP contribution >= 0.6 is 15.9 Å². The molecule has 1 heterocycles. The molecule has 7 heteroatoms. The van der Waals surface area contributed by atoms with Crippen molar-refractivity contribution in [2.45, 2.75) is 6.92 Å². The topological polar surface area (TPSA) is 68.2 Å². The van der Waals surface area contributed by atoms with E-state index >= 15 is 0 Å². The summed E-state index contributed by atoms with van der Waals surface area (Å²) in [6.07, 6.45) is 1.71. The first-order valence-electron chi connectivity index (χ1n) is 8.15.